The average molecular weight is 282 g/mol. The van der Waals surface area contributed by atoms with E-state index in [-0.39, 0.29) is 17.7 Å². The van der Waals surface area contributed by atoms with E-state index in [4.69, 9.17) is 15.9 Å². The normalized spacial score (nSPS) is 11.1. The molecule has 0 aliphatic rings. The maximum absolute atomic E-state index is 5.39. The van der Waals surface area contributed by atoms with Gasteiger partial charge in [-0.1, -0.05) is 21.0 Å². The Labute approximate surface area is 99.5 Å². The number of benzene rings is 1. The Hall–Kier alpha value is -1.89. The van der Waals surface area contributed by atoms with E-state index in [2.05, 4.69) is 31.1 Å². The summed E-state index contributed by atoms with van der Waals surface area (Å²) in [4.78, 5) is 3.76. The zero-order valence-electron chi connectivity index (χ0n) is 8.09. The number of anilines is 2. The van der Waals surface area contributed by atoms with Crippen LogP contribution >= 0.6 is 15.9 Å². The van der Waals surface area contributed by atoms with Gasteiger partial charge >= 0.3 is 6.01 Å². The van der Waals surface area contributed by atoms with Crippen molar-refractivity contribution in [1.82, 2.24) is 4.98 Å². The second-order valence-electron chi connectivity index (χ2n) is 2.92. The molecule has 0 radical (unpaired) electrons. The second-order valence-corrected chi connectivity index (χ2v) is 3.84. The van der Waals surface area contributed by atoms with Crippen LogP contribution < -0.4 is 11.5 Å². The van der Waals surface area contributed by atoms with Gasteiger partial charge in [-0.2, -0.15) is 4.98 Å². The molecule has 0 bridgehead atoms. The van der Waals surface area contributed by atoms with E-state index in [0.717, 1.165) is 4.47 Å². The summed E-state index contributed by atoms with van der Waals surface area (Å²) in [5.41, 5.74) is 11.4. The van der Waals surface area contributed by atoms with Gasteiger partial charge in [-0.3, -0.25) is 0 Å². The predicted molar refractivity (Wildman–Crippen MR) is 63.6 cm³/mol. The molecule has 0 aliphatic heterocycles. The van der Waals surface area contributed by atoms with Gasteiger partial charge in [0.2, 0.25) is 5.88 Å². The first kappa shape index (κ1) is 10.6. The summed E-state index contributed by atoms with van der Waals surface area (Å²) in [7, 11) is 0. The highest BCUT2D eigenvalue weighted by Crippen LogP contribution is 2.24. The summed E-state index contributed by atoms with van der Waals surface area (Å²) in [6.07, 6.45) is 0. The molecule has 16 heavy (non-hydrogen) atoms. The number of nitrogen functional groups attached to an aromatic ring is 2. The van der Waals surface area contributed by atoms with E-state index in [9.17, 15) is 0 Å². The van der Waals surface area contributed by atoms with Crippen molar-refractivity contribution < 1.29 is 4.42 Å². The minimum absolute atomic E-state index is 0.0397. The van der Waals surface area contributed by atoms with Gasteiger partial charge < -0.3 is 15.9 Å². The van der Waals surface area contributed by atoms with E-state index >= 15 is 0 Å². The summed E-state index contributed by atoms with van der Waals surface area (Å²) >= 11 is 3.32. The first-order chi connectivity index (χ1) is 7.65. The van der Waals surface area contributed by atoms with Crippen LogP contribution in [0.1, 0.15) is 0 Å². The molecule has 6 nitrogen and oxygen atoms in total. The monoisotopic (exact) mass is 281 g/mol. The molecular formula is C9H8BrN5O. The van der Waals surface area contributed by atoms with Crippen LogP contribution in [0, 0.1) is 0 Å². The molecule has 1 aromatic carbocycles. The average Bonchev–Trinajstić information content (AvgIpc) is 2.58. The van der Waals surface area contributed by atoms with Gasteiger partial charge in [-0.25, -0.2) is 0 Å². The highest BCUT2D eigenvalue weighted by Gasteiger charge is 2.05. The molecule has 0 atom stereocenters. The first-order valence-corrected chi connectivity index (χ1v) is 5.13. The maximum atomic E-state index is 5.39. The SMILES string of the molecule is Nc1nc(N=Nc2ccc(Br)cc2)oc1N. The van der Waals surface area contributed by atoms with Crippen LogP contribution in [0.5, 0.6) is 0 Å². The lowest BCUT2D eigenvalue weighted by atomic mass is 10.3. The highest BCUT2D eigenvalue weighted by atomic mass is 79.9. The first-order valence-electron chi connectivity index (χ1n) is 4.34. The topological polar surface area (TPSA) is 103 Å². The van der Waals surface area contributed by atoms with Crippen molar-refractivity contribution in [1.29, 1.82) is 0 Å². The zero-order valence-corrected chi connectivity index (χ0v) is 9.68. The smallest absolute Gasteiger partial charge is 0.344 e. The van der Waals surface area contributed by atoms with Crippen molar-refractivity contribution in [2.45, 2.75) is 0 Å². The van der Waals surface area contributed by atoms with Gasteiger partial charge in [0, 0.05) is 4.47 Å². The molecule has 0 saturated carbocycles. The van der Waals surface area contributed by atoms with Crippen molar-refractivity contribution in [2.24, 2.45) is 10.2 Å². The lowest BCUT2D eigenvalue weighted by Crippen LogP contribution is -1.89. The lowest BCUT2D eigenvalue weighted by Gasteiger charge is -1.90. The fourth-order valence-electron chi connectivity index (χ4n) is 0.983. The zero-order chi connectivity index (χ0) is 11.5. The molecular weight excluding hydrogens is 274 g/mol. The Morgan fingerprint density at radius 1 is 1.12 bits per heavy atom. The number of oxazole rings is 1. The Balaban J connectivity index is 2.17. The van der Waals surface area contributed by atoms with E-state index < -0.39 is 0 Å². The Morgan fingerprint density at radius 3 is 2.38 bits per heavy atom. The van der Waals surface area contributed by atoms with E-state index in [1.54, 1.807) is 12.1 Å². The summed E-state index contributed by atoms with van der Waals surface area (Å²) in [5, 5.41) is 7.67. The molecule has 1 aromatic heterocycles. The van der Waals surface area contributed by atoms with Crippen LogP contribution in [0.3, 0.4) is 0 Å². The van der Waals surface area contributed by atoms with Crippen molar-refractivity contribution in [3.8, 4) is 0 Å². The summed E-state index contributed by atoms with van der Waals surface area (Å²) in [6.45, 7) is 0. The molecule has 4 N–H and O–H groups in total. The van der Waals surface area contributed by atoms with Crippen LogP contribution in [0.2, 0.25) is 0 Å². The Morgan fingerprint density at radius 2 is 1.81 bits per heavy atom. The van der Waals surface area contributed by atoms with Gasteiger partial charge in [-0.05, 0) is 24.3 Å². The van der Waals surface area contributed by atoms with Gasteiger partial charge in [0.1, 0.15) is 0 Å². The van der Waals surface area contributed by atoms with E-state index in [1.807, 2.05) is 12.1 Å². The molecule has 0 unspecified atom stereocenters. The number of hydrogen-bond donors (Lipinski definition) is 2. The van der Waals surface area contributed by atoms with Crippen LogP contribution in [0.4, 0.5) is 23.4 Å². The van der Waals surface area contributed by atoms with Gasteiger partial charge in [0.05, 0.1) is 5.69 Å². The fraction of sp³-hybridized carbons (Fsp3) is 0. The third kappa shape index (κ3) is 2.37. The minimum Gasteiger partial charge on any atom is -0.403 e. The van der Waals surface area contributed by atoms with E-state index in [0.29, 0.717) is 5.69 Å². The summed E-state index contributed by atoms with van der Waals surface area (Å²) in [5.74, 6) is 0.162. The summed E-state index contributed by atoms with van der Waals surface area (Å²) < 4.78 is 5.90. The van der Waals surface area contributed by atoms with Crippen LogP contribution in [0.15, 0.2) is 43.4 Å². The van der Waals surface area contributed by atoms with Crippen LogP contribution in [0.25, 0.3) is 0 Å². The van der Waals surface area contributed by atoms with Gasteiger partial charge in [-0.15, -0.1) is 5.11 Å². The highest BCUT2D eigenvalue weighted by molar-refractivity contribution is 9.10. The summed E-state index contributed by atoms with van der Waals surface area (Å²) in [6, 6.07) is 7.34. The second kappa shape index (κ2) is 4.31. The maximum Gasteiger partial charge on any atom is 0.344 e. The molecule has 2 rings (SSSR count). The number of hydrogen-bond acceptors (Lipinski definition) is 6. The quantitative estimate of drug-likeness (QED) is 0.826. The third-order valence-corrected chi connectivity index (χ3v) is 2.28. The number of nitrogens with zero attached hydrogens (tertiary/aromatic N) is 3. The van der Waals surface area contributed by atoms with Crippen molar-refractivity contribution in [2.75, 3.05) is 11.5 Å². The molecule has 0 saturated heterocycles. The number of rotatable bonds is 2. The number of aromatic nitrogens is 1. The fourth-order valence-corrected chi connectivity index (χ4v) is 1.25. The number of nitrogens with two attached hydrogens (primary N) is 2. The lowest BCUT2D eigenvalue weighted by molar-refractivity contribution is 0.582. The minimum atomic E-state index is 0.0397. The molecule has 0 spiro atoms. The largest absolute Gasteiger partial charge is 0.403 e. The Kier molecular flexibility index (Phi) is 2.86. The molecule has 0 amide bonds. The predicted octanol–water partition coefficient (Wildman–Crippen LogP) is 3.02. The molecule has 7 heteroatoms. The number of azo groups is 1. The molecule has 1 heterocycles. The standard InChI is InChI=1S/C9H8BrN5O/c10-5-1-3-6(4-2-5)14-15-9-13-7(11)8(12)16-9/h1-4H,11-12H2. The third-order valence-electron chi connectivity index (χ3n) is 1.75. The Bertz CT molecular complexity index is 500. The van der Waals surface area contributed by atoms with Gasteiger partial charge in [0.15, 0.2) is 5.82 Å². The van der Waals surface area contributed by atoms with Gasteiger partial charge in [0.25, 0.3) is 0 Å². The van der Waals surface area contributed by atoms with Crippen molar-refractivity contribution in [3.05, 3.63) is 28.7 Å². The molecule has 2 aromatic rings. The molecule has 0 fully saturated rings. The van der Waals surface area contributed by atoms with Crippen molar-refractivity contribution >= 4 is 39.3 Å². The molecule has 82 valence electrons. The van der Waals surface area contributed by atoms with E-state index in [1.165, 1.54) is 0 Å². The van der Waals surface area contributed by atoms with Crippen LogP contribution in [-0.4, -0.2) is 4.98 Å². The number of halogens is 1. The molecule has 0 aliphatic carbocycles. The van der Waals surface area contributed by atoms with Crippen molar-refractivity contribution in [3.63, 3.8) is 0 Å². The van der Waals surface area contributed by atoms with Crippen LogP contribution in [-0.2, 0) is 0 Å².